The van der Waals surface area contributed by atoms with Gasteiger partial charge in [0.25, 0.3) is 0 Å². The first-order valence-corrected chi connectivity index (χ1v) is 24.7. The van der Waals surface area contributed by atoms with Gasteiger partial charge in [-0.1, -0.05) is 91.9 Å². The normalized spacial score (nSPS) is 10.7. The van der Waals surface area contributed by atoms with Crippen LogP contribution in [0.4, 0.5) is 0 Å². The van der Waals surface area contributed by atoms with Gasteiger partial charge in [0.15, 0.2) is 0 Å². The zero-order chi connectivity index (χ0) is 23.8. The van der Waals surface area contributed by atoms with E-state index in [1.165, 1.54) is 36.8 Å². The van der Waals surface area contributed by atoms with Crippen LogP contribution in [0.25, 0.3) is 0 Å². The van der Waals surface area contributed by atoms with Gasteiger partial charge in [-0.15, -0.1) is 0 Å². The Hall–Kier alpha value is 0.645. The fourth-order valence-corrected chi connectivity index (χ4v) is 5.21. The number of hydrogen-bond acceptors (Lipinski definition) is 0. The summed E-state index contributed by atoms with van der Waals surface area (Å²) < 4.78 is 0. The van der Waals surface area contributed by atoms with Gasteiger partial charge in [0.05, 0.1) is 0 Å². The zero-order valence-corrected chi connectivity index (χ0v) is 27.4. The molecule has 0 N–H and O–H groups in total. The van der Waals surface area contributed by atoms with Crippen molar-refractivity contribution in [2.24, 2.45) is 0 Å². The van der Waals surface area contributed by atoms with Crippen molar-refractivity contribution in [2.75, 3.05) is 0 Å². The van der Waals surface area contributed by atoms with E-state index in [1.54, 1.807) is 10.4 Å². The molecule has 0 atom stereocenters. The summed E-state index contributed by atoms with van der Waals surface area (Å²) in [6.07, 6.45) is 5.00. The maximum atomic E-state index is 4.89. The molecule has 0 unspecified atom stereocenters. The molecule has 0 bridgehead atoms. The van der Waals surface area contributed by atoms with E-state index < -0.39 is 33.2 Å². The summed E-state index contributed by atoms with van der Waals surface area (Å²) in [4.78, 5) is 0. The third kappa shape index (κ3) is 16.3. The second-order valence-electron chi connectivity index (χ2n) is 9.66. The van der Waals surface area contributed by atoms with Crippen LogP contribution in [0.15, 0.2) is 36.4 Å². The van der Waals surface area contributed by atoms with Crippen molar-refractivity contribution in [3.8, 4) is 0 Å². The molecule has 0 saturated heterocycles. The Morgan fingerprint density at radius 3 is 1.20 bits per heavy atom. The molecule has 173 valence electrons. The Bertz CT molecular complexity index is 581. The van der Waals surface area contributed by atoms with Crippen molar-refractivity contribution < 1.29 is 17.0 Å². The fraction of sp³-hybridized carbons (Fsp3) is 0.583. The summed E-state index contributed by atoms with van der Waals surface area (Å²) in [6.45, 7) is 23.3. The average molecular weight is 537 g/mol. The standard InChI is InChI=1S/2C11H19Si.C2H7Si.2ClH.Ti/c2*1-5-6-10-7-8-11(9-10)12(2,3)4;1-3-2;;;/h2*7-9H,5-6H2,1-4H3;3H,1-2H3;2*1H;/q2*-1;;;;+2/p-2. The zero-order valence-electron chi connectivity index (χ0n) is 21.1. The monoisotopic (exact) mass is 535 g/mol. The van der Waals surface area contributed by atoms with Crippen molar-refractivity contribution in [3.63, 3.8) is 0 Å². The van der Waals surface area contributed by atoms with Crippen molar-refractivity contribution >= 4 is 54.7 Å². The summed E-state index contributed by atoms with van der Waals surface area (Å²) in [5.41, 5.74) is 3.05. The van der Waals surface area contributed by atoms with E-state index in [0.717, 1.165) is 9.52 Å². The SMILES string of the molecule is CCCc1cc([Si](C)(C)C)c[cH-]1.CCCc1cc([Si](C)(C)C)c[cH-]1.C[SiH]C.[Cl][Ti][Cl]. The number of hydrogen-bond donors (Lipinski definition) is 0. The van der Waals surface area contributed by atoms with Crippen LogP contribution in [0, 0.1) is 0 Å². The molecule has 0 aromatic heterocycles. The topological polar surface area (TPSA) is 0 Å². The molecule has 0 spiro atoms. The van der Waals surface area contributed by atoms with E-state index in [1.807, 2.05) is 0 Å². The minimum atomic E-state index is -1.04. The molecule has 1 radical (unpaired) electrons. The quantitative estimate of drug-likeness (QED) is 0.262. The van der Waals surface area contributed by atoms with Crippen LogP contribution < -0.4 is 10.4 Å². The molecule has 0 nitrogen and oxygen atoms in total. The number of rotatable bonds is 6. The molecular weight excluding hydrogens is 491 g/mol. The Balaban J connectivity index is 0. The predicted octanol–water partition coefficient (Wildman–Crippen LogP) is 7.70. The third-order valence-electron chi connectivity index (χ3n) is 4.45. The molecule has 0 aliphatic carbocycles. The molecule has 0 aliphatic heterocycles. The van der Waals surface area contributed by atoms with Gasteiger partial charge in [0.1, 0.15) is 0 Å². The van der Waals surface area contributed by atoms with Crippen LogP contribution in [0.2, 0.25) is 52.4 Å². The predicted molar refractivity (Wildman–Crippen MR) is 149 cm³/mol. The van der Waals surface area contributed by atoms with Crippen molar-refractivity contribution in [3.05, 3.63) is 47.5 Å². The molecule has 2 aromatic carbocycles. The van der Waals surface area contributed by atoms with Gasteiger partial charge >= 0.3 is 35.6 Å². The van der Waals surface area contributed by atoms with Crippen LogP contribution >= 0.6 is 18.6 Å². The van der Waals surface area contributed by atoms with Crippen molar-refractivity contribution in [1.29, 1.82) is 0 Å². The number of aryl methyl sites for hydroxylation is 2. The van der Waals surface area contributed by atoms with E-state index in [-0.39, 0.29) is 0 Å². The molecule has 6 heteroatoms. The van der Waals surface area contributed by atoms with Gasteiger partial charge < -0.3 is 0 Å². The molecule has 0 heterocycles. The summed E-state index contributed by atoms with van der Waals surface area (Å²) in [5.74, 6) is 0. The van der Waals surface area contributed by atoms with E-state index in [9.17, 15) is 0 Å². The van der Waals surface area contributed by atoms with E-state index in [0.29, 0.717) is 0 Å². The van der Waals surface area contributed by atoms with Crippen molar-refractivity contribution in [2.45, 2.75) is 91.9 Å². The molecule has 2 rings (SSSR count). The first kappa shape index (κ1) is 32.8. The summed E-state index contributed by atoms with van der Waals surface area (Å²) in [5, 5.41) is 3.21. The Morgan fingerprint density at radius 1 is 0.767 bits per heavy atom. The van der Waals surface area contributed by atoms with Gasteiger partial charge in [-0.25, -0.2) is 22.5 Å². The first-order valence-electron chi connectivity index (χ1n) is 11.1. The van der Waals surface area contributed by atoms with Crippen molar-refractivity contribution in [1.82, 2.24) is 0 Å². The maximum absolute atomic E-state index is 4.89. The number of halogens is 2. The van der Waals surface area contributed by atoms with Crippen LogP contribution in [0.5, 0.6) is 0 Å². The van der Waals surface area contributed by atoms with Crippen LogP contribution in [-0.2, 0) is 29.9 Å². The van der Waals surface area contributed by atoms with Gasteiger partial charge in [0.2, 0.25) is 0 Å². The fourth-order valence-electron chi connectivity index (χ4n) is 2.81. The molecule has 2 aromatic rings. The molecule has 30 heavy (non-hydrogen) atoms. The van der Waals surface area contributed by atoms with Gasteiger partial charge in [0, 0.05) is 25.7 Å². The molecule has 0 fully saturated rings. The first-order chi connectivity index (χ1) is 13.9. The summed E-state index contributed by atoms with van der Waals surface area (Å²) >= 11 is -0.556. The molecule has 0 amide bonds. The molecule has 0 saturated carbocycles. The van der Waals surface area contributed by atoms with Gasteiger partial charge in [-0.2, -0.15) is 35.4 Å². The minimum absolute atomic E-state index is 0.556. The van der Waals surface area contributed by atoms with Gasteiger partial charge in [-0.3, -0.25) is 0 Å². The Labute approximate surface area is 209 Å². The van der Waals surface area contributed by atoms with Crippen LogP contribution in [0.1, 0.15) is 37.8 Å². The van der Waals surface area contributed by atoms with E-state index in [2.05, 4.69) is 103 Å². The van der Waals surface area contributed by atoms with E-state index >= 15 is 0 Å². The Morgan fingerprint density at radius 2 is 1.03 bits per heavy atom. The summed E-state index contributed by atoms with van der Waals surface area (Å²) in [7, 11) is 8.44. The summed E-state index contributed by atoms with van der Waals surface area (Å²) in [6, 6.07) is 14.0. The second-order valence-corrected chi connectivity index (χ2v) is 23.6. The van der Waals surface area contributed by atoms with E-state index in [4.69, 9.17) is 18.6 Å². The average Bonchev–Trinajstić information content (AvgIpc) is 3.26. The Kier molecular flexibility index (Phi) is 19.8. The third-order valence-corrected chi connectivity index (χ3v) is 8.53. The molecular formula is C24H45Cl2Si3Ti-2. The van der Waals surface area contributed by atoms with Gasteiger partial charge in [-0.05, 0) is 0 Å². The second kappa shape index (κ2) is 18.1. The van der Waals surface area contributed by atoms with Crippen LogP contribution in [0.3, 0.4) is 0 Å². The molecule has 0 aliphatic rings. The van der Waals surface area contributed by atoms with Crippen LogP contribution in [-0.4, -0.2) is 25.7 Å².